The van der Waals surface area contributed by atoms with E-state index in [9.17, 15) is 18.0 Å². The summed E-state index contributed by atoms with van der Waals surface area (Å²) >= 11 is 0.938. The predicted octanol–water partition coefficient (Wildman–Crippen LogP) is 2.28. The van der Waals surface area contributed by atoms with Crippen molar-refractivity contribution >= 4 is 40.0 Å². The Balaban J connectivity index is 1.80. The molecule has 1 fully saturated rings. The lowest BCUT2D eigenvalue weighted by Crippen LogP contribution is -2.26. The second-order valence-electron chi connectivity index (χ2n) is 4.20. The lowest BCUT2D eigenvalue weighted by molar-refractivity contribution is -0.0327. The Morgan fingerprint density at radius 3 is 2.80 bits per heavy atom. The summed E-state index contributed by atoms with van der Waals surface area (Å²) in [7, 11) is 0. The molecular weight excluding hydrogens is 313 g/mol. The topological polar surface area (TPSA) is 80.0 Å². The molecule has 1 aromatic rings. The maximum atomic E-state index is 11.9. The molecule has 0 aliphatic heterocycles. The van der Waals surface area contributed by atoms with Crippen molar-refractivity contribution in [2.75, 3.05) is 23.3 Å². The van der Waals surface area contributed by atoms with Gasteiger partial charge in [0.2, 0.25) is 0 Å². The van der Waals surface area contributed by atoms with Gasteiger partial charge in [0.15, 0.2) is 5.13 Å². The van der Waals surface area contributed by atoms with Crippen LogP contribution >= 0.6 is 23.1 Å². The Hall–Kier alpha value is -1.16. The number of halogens is 3. The number of nitrogens with zero attached hydrogens (tertiary/aromatic N) is 1. The van der Waals surface area contributed by atoms with Gasteiger partial charge >= 0.3 is 5.51 Å². The molecule has 0 bridgehead atoms. The number of thiazole rings is 1. The van der Waals surface area contributed by atoms with E-state index >= 15 is 0 Å². The molecule has 4 N–H and O–H groups in total. The van der Waals surface area contributed by atoms with Gasteiger partial charge in [-0.3, -0.25) is 4.79 Å². The maximum absolute atomic E-state index is 11.9. The SMILES string of the molecule is Nc1nc(NC2CC2)sc1C(=O)NCCSC(F)(F)F. The van der Waals surface area contributed by atoms with Crippen LogP contribution in [0.2, 0.25) is 0 Å². The second kappa shape index (κ2) is 6.08. The Bertz CT molecular complexity index is 487. The van der Waals surface area contributed by atoms with E-state index in [1.54, 1.807) is 0 Å². The fourth-order valence-electron chi connectivity index (χ4n) is 1.37. The van der Waals surface area contributed by atoms with Gasteiger partial charge in [0.25, 0.3) is 5.91 Å². The summed E-state index contributed by atoms with van der Waals surface area (Å²) in [6.07, 6.45) is 2.13. The minimum atomic E-state index is -4.28. The van der Waals surface area contributed by atoms with E-state index in [2.05, 4.69) is 15.6 Å². The molecule has 1 heterocycles. The van der Waals surface area contributed by atoms with Gasteiger partial charge in [0, 0.05) is 18.3 Å². The summed E-state index contributed by atoms with van der Waals surface area (Å²) < 4.78 is 35.7. The van der Waals surface area contributed by atoms with Crippen LogP contribution in [0.5, 0.6) is 0 Å². The smallest absolute Gasteiger partial charge is 0.382 e. The summed E-state index contributed by atoms with van der Waals surface area (Å²) in [4.78, 5) is 16.0. The molecule has 20 heavy (non-hydrogen) atoms. The Kier molecular flexibility index (Phi) is 4.63. The highest BCUT2D eigenvalue weighted by Gasteiger charge is 2.28. The highest BCUT2D eigenvalue weighted by molar-refractivity contribution is 8.00. The number of carbonyl (C=O) groups is 1. The number of aromatic nitrogens is 1. The quantitative estimate of drug-likeness (QED) is 0.699. The molecule has 0 radical (unpaired) electrons. The molecule has 0 aromatic carbocycles. The van der Waals surface area contributed by atoms with Crippen LogP contribution in [0.25, 0.3) is 0 Å². The molecule has 0 spiro atoms. The number of nitrogens with one attached hydrogen (secondary N) is 2. The van der Waals surface area contributed by atoms with Crippen molar-refractivity contribution < 1.29 is 18.0 Å². The molecule has 1 saturated carbocycles. The molecule has 0 unspecified atom stereocenters. The van der Waals surface area contributed by atoms with E-state index in [0.717, 1.165) is 24.2 Å². The molecule has 1 aliphatic rings. The summed E-state index contributed by atoms with van der Waals surface area (Å²) in [5, 5.41) is 6.08. The van der Waals surface area contributed by atoms with E-state index < -0.39 is 11.4 Å². The van der Waals surface area contributed by atoms with Crippen molar-refractivity contribution in [2.24, 2.45) is 0 Å². The van der Waals surface area contributed by atoms with Crippen molar-refractivity contribution in [1.29, 1.82) is 0 Å². The van der Waals surface area contributed by atoms with Gasteiger partial charge in [-0.2, -0.15) is 13.2 Å². The lowest BCUT2D eigenvalue weighted by atomic mass is 10.4. The number of amides is 1. The third kappa shape index (κ3) is 4.75. The molecule has 1 amide bonds. The molecule has 10 heteroatoms. The lowest BCUT2D eigenvalue weighted by Gasteiger charge is -2.06. The maximum Gasteiger partial charge on any atom is 0.441 e. The molecule has 2 rings (SSSR count). The number of thioether (sulfide) groups is 1. The highest BCUT2D eigenvalue weighted by atomic mass is 32.2. The first kappa shape index (κ1) is 15.2. The normalized spacial score (nSPS) is 15.2. The number of rotatable bonds is 6. The zero-order chi connectivity index (χ0) is 14.8. The fourth-order valence-corrected chi connectivity index (χ4v) is 2.68. The number of nitrogens with two attached hydrogens (primary N) is 1. The molecule has 0 saturated heterocycles. The number of hydrogen-bond acceptors (Lipinski definition) is 6. The van der Waals surface area contributed by atoms with Crippen molar-refractivity contribution in [3.05, 3.63) is 4.88 Å². The first-order valence-corrected chi connectivity index (χ1v) is 7.67. The van der Waals surface area contributed by atoms with Crippen LogP contribution in [0, 0.1) is 0 Å². The van der Waals surface area contributed by atoms with Gasteiger partial charge in [0.05, 0.1) is 0 Å². The summed E-state index contributed by atoms with van der Waals surface area (Å²) in [6, 6.07) is 0.389. The third-order valence-electron chi connectivity index (χ3n) is 2.42. The van der Waals surface area contributed by atoms with Gasteiger partial charge in [0.1, 0.15) is 10.7 Å². The molecular formula is C10H13F3N4OS2. The van der Waals surface area contributed by atoms with Gasteiger partial charge in [-0.1, -0.05) is 11.3 Å². The number of carbonyl (C=O) groups excluding carboxylic acids is 1. The van der Waals surface area contributed by atoms with Crippen LogP contribution in [0.1, 0.15) is 22.5 Å². The van der Waals surface area contributed by atoms with Crippen LogP contribution in [0.3, 0.4) is 0 Å². The minimum Gasteiger partial charge on any atom is -0.382 e. The molecule has 5 nitrogen and oxygen atoms in total. The van der Waals surface area contributed by atoms with Gasteiger partial charge in [-0.25, -0.2) is 4.98 Å². The predicted molar refractivity (Wildman–Crippen MR) is 74.0 cm³/mol. The van der Waals surface area contributed by atoms with Crippen LogP contribution in [-0.4, -0.2) is 34.7 Å². The van der Waals surface area contributed by atoms with Crippen molar-refractivity contribution in [1.82, 2.24) is 10.3 Å². The summed E-state index contributed by atoms with van der Waals surface area (Å²) in [6.45, 7) is -0.0776. The average Bonchev–Trinajstić information content (AvgIpc) is 3.06. The number of hydrogen-bond donors (Lipinski definition) is 3. The van der Waals surface area contributed by atoms with Gasteiger partial charge in [-0.15, -0.1) is 0 Å². The van der Waals surface area contributed by atoms with E-state index in [0.29, 0.717) is 11.2 Å². The molecule has 1 aromatic heterocycles. The van der Waals surface area contributed by atoms with E-state index in [-0.39, 0.29) is 34.8 Å². The van der Waals surface area contributed by atoms with E-state index in [1.165, 1.54) is 0 Å². The van der Waals surface area contributed by atoms with Gasteiger partial charge in [-0.05, 0) is 24.6 Å². The Labute approximate surface area is 121 Å². The second-order valence-corrected chi connectivity index (χ2v) is 6.36. The van der Waals surface area contributed by atoms with Crippen LogP contribution in [0.4, 0.5) is 24.1 Å². The first-order valence-electron chi connectivity index (χ1n) is 5.87. The Morgan fingerprint density at radius 1 is 1.50 bits per heavy atom. The van der Waals surface area contributed by atoms with E-state index in [1.807, 2.05) is 0 Å². The van der Waals surface area contributed by atoms with Crippen LogP contribution < -0.4 is 16.4 Å². The zero-order valence-electron chi connectivity index (χ0n) is 10.3. The standard InChI is InChI=1S/C10H13F3N4OS2/c11-10(12,13)19-4-3-15-8(18)6-7(14)17-9(20-6)16-5-1-2-5/h5H,1-4,14H2,(H,15,18)(H,16,17). The third-order valence-corrected chi connectivity index (χ3v) is 4.15. The van der Waals surface area contributed by atoms with Gasteiger partial charge < -0.3 is 16.4 Å². The number of alkyl halides is 3. The molecule has 1 aliphatic carbocycles. The summed E-state index contributed by atoms with van der Waals surface area (Å²) in [5.41, 5.74) is 1.34. The van der Waals surface area contributed by atoms with Crippen molar-refractivity contribution in [3.8, 4) is 0 Å². The first-order chi connectivity index (χ1) is 9.35. The van der Waals surface area contributed by atoms with Crippen LogP contribution in [-0.2, 0) is 0 Å². The van der Waals surface area contributed by atoms with Crippen LogP contribution in [0.15, 0.2) is 0 Å². The van der Waals surface area contributed by atoms with Crippen molar-refractivity contribution in [2.45, 2.75) is 24.4 Å². The molecule has 0 atom stereocenters. The number of anilines is 2. The highest BCUT2D eigenvalue weighted by Crippen LogP contribution is 2.31. The van der Waals surface area contributed by atoms with Crippen molar-refractivity contribution in [3.63, 3.8) is 0 Å². The summed E-state index contributed by atoms with van der Waals surface area (Å²) in [5.74, 6) is -0.632. The minimum absolute atomic E-state index is 0.0776. The molecule has 112 valence electrons. The Morgan fingerprint density at radius 2 is 2.20 bits per heavy atom. The van der Waals surface area contributed by atoms with E-state index in [4.69, 9.17) is 5.73 Å². The monoisotopic (exact) mass is 326 g/mol. The zero-order valence-corrected chi connectivity index (χ0v) is 11.9. The largest absolute Gasteiger partial charge is 0.441 e. The average molecular weight is 326 g/mol. The number of nitrogen functional groups attached to an aromatic ring is 1. The fraction of sp³-hybridized carbons (Fsp3) is 0.600.